The summed E-state index contributed by atoms with van der Waals surface area (Å²) in [7, 11) is 0. The van der Waals surface area contributed by atoms with Crippen LogP contribution in [0.3, 0.4) is 0 Å². The van der Waals surface area contributed by atoms with Crippen LogP contribution in [0.15, 0.2) is 54.9 Å². The zero-order valence-electron chi connectivity index (χ0n) is 23.8. The number of amides is 2. The van der Waals surface area contributed by atoms with Gasteiger partial charge in [-0.05, 0) is 75.5 Å². The van der Waals surface area contributed by atoms with Crippen molar-refractivity contribution < 1.29 is 14.4 Å². The molecule has 41 heavy (non-hydrogen) atoms. The van der Waals surface area contributed by atoms with Crippen LogP contribution < -0.4 is 10.6 Å². The second-order valence-corrected chi connectivity index (χ2v) is 11.3. The SMILES string of the molecule is CCCC(=O)c1cnn(-c2ccc(NC(=O)c3cn(CC(=O)N4CC5CCNC5C4)c4ccc(C)cc34)cc2)c1C. The number of aromatic nitrogens is 3. The topological polar surface area (TPSA) is 101 Å². The van der Waals surface area contributed by atoms with Crippen LogP contribution in [0.4, 0.5) is 5.69 Å². The minimum Gasteiger partial charge on any atom is -0.339 e. The fourth-order valence-corrected chi connectivity index (χ4v) is 6.21. The van der Waals surface area contributed by atoms with Crippen LogP contribution in [0.1, 0.15) is 58.2 Å². The summed E-state index contributed by atoms with van der Waals surface area (Å²) in [6.45, 7) is 8.65. The van der Waals surface area contributed by atoms with E-state index in [2.05, 4.69) is 15.7 Å². The maximum absolute atomic E-state index is 13.5. The van der Waals surface area contributed by atoms with Gasteiger partial charge in [0.2, 0.25) is 5.91 Å². The Balaban J connectivity index is 1.19. The Kier molecular flexibility index (Phi) is 7.21. The minimum atomic E-state index is -0.234. The average Bonchev–Trinajstić information content (AvgIpc) is 3.72. The van der Waals surface area contributed by atoms with Gasteiger partial charge in [-0.1, -0.05) is 18.6 Å². The number of aryl methyl sites for hydroxylation is 1. The molecule has 6 rings (SSSR count). The first-order valence-electron chi connectivity index (χ1n) is 14.4. The summed E-state index contributed by atoms with van der Waals surface area (Å²) < 4.78 is 3.64. The third-order valence-electron chi connectivity index (χ3n) is 8.46. The largest absolute Gasteiger partial charge is 0.339 e. The maximum atomic E-state index is 13.5. The van der Waals surface area contributed by atoms with Crippen molar-refractivity contribution in [2.24, 2.45) is 5.92 Å². The van der Waals surface area contributed by atoms with E-state index in [0.717, 1.165) is 60.3 Å². The molecule has 2 amide bonds. The number of ketones is 1. The molecule has 9 nitrogen and oxygen atoms in total. The maximum Gasteiger partial charge on any atom is 0.257 e. The molecule has 2 saturated heterocycles. The standard InChI is InChI=1S/C32H36N6O3/c1-4-5-30(39)26-15-34-38(21(26)3)24-9-7-23(8-10-24)35-32(41)27-17-36(29-11-6-20(2)14-25(27)29)19-31(40)37-16-22-12-13-33-28(22)18-37/h6-11,14-15,17,22,28,33H,4-5,12-13,16,18-19H2,1-3H3,(H,35,41). The van der Waals surface area contributed by atoms with Crippen molar-refractivity contribution in [3.05, 3.63) is 77.2 Å². The van der Waals surface area contributed by atoms with Gasteiger partial charge in [0.1, 0.15) is 6.54 Å². The van der Waals surface area contributed by atoms with Crippen molar-refractivity contribution >= 4 is 34.2 Å². The summed E-state index contributed by atoms with van der Waals surface area (Å²) in [6.07, 6.45) is 5.83. The Hall–Kier alpha value is -4.24. The predicted octanol–water partition coefficient (Wildman–Crippen LogP) is 4.50. The predicted molar refractivity (Wildman–Crippen MR) is 159 cm³/mol. The number of carbonyl (C=O) groups excluding carboxylic acids is 3. The van der Waals surface area contributed by atoms with E-state index in [-0.39, 0.29) is 24.1 Å². The van der Waals surface area contributed by atoms with Gasteiger partial charge in [-0.15, -0.1) is 0 Å². The van der Waals surface area contributed by atoms with E-state index >= 15 is 0 Å². The van der Waals surface area contributed by atoms with Crippen molar-refractivity contribution in [3.63, 3.8) is 0 Å². The number of hydrogen-bond donors (Lipinski definition) is 2. The van der Waals surface area contributed by atoms with Crippen LogP contribution in [0.25, 0.3) is 16.6 Å². The van der Waals surface area contributed by atoms with E-state index in [1.165, 1.54) is 0 Å². The summed E-state index contributed by atoms with van der Waals surface area (Å²) >= 11 is 0. The van der Waals surface area contributed by atoms with Gasteiger partial charge in [0.05, 0.1) is 28.7 Å². The number of benzene rings is 2. The number of carbonyl (C=O) groups is 3. The third-order valence-corrected chi connectivity index (χ3v) is 8.46. The number of Topliss-reactive ketones (excluding diaryl/α,β-unsaturated/α-hetero) is 1. The van der Waals surface area contributed by atoms with Crippen LogP contribution in [0.5, 0.6) is 0 Å². The van der Waals surface area contributed by atoms with Crippen LogP contribution in [0.2, 0.25) is 0 Å². The molecule has 0 bridgehead atoms. The molecular weight excluding hydrogens is 516 g/mol. The average molecular weight is 553 g/mol. The Morgan fingerprint density at radius 3 is 2.61 bits per heavy atom. The Morgan fingerprint density at radius 2 is 1.85 bits per heavy atom. The molecule has 2 unspecified atom stereocenters. The van der Waals surface area contributed by atoms with E-state index in [1.54, 1.807) is 17.1 Å². The zero-order chi connectivity index (χ0) is 28.7. The molecule has 2 atom stereocenters. The van der Waals surface area contributed by atoms with E-state index < -0.39 is 0 Å². The highest BCUT2D eigenvalue weighted by atomic mass is 16.2. The molecule has 4 aromatic rings. The van der Waals surface area contributed by atoms with E-state index in [4.69, 9.17) is 0 Å². The molecule has 0 spiro atoms. The molecule has 0 radical (unpaired) electrons. The molecule has 212 valence electrons. The molecule has 2 aliphatic heterocycles. The summed E-state index contributed by atoms with van der Waals surface area (Å²) in [6, 6.07) is 13.8. The van der Waals surface area contributed by atoms with Crippen LogP contribution in [-0.4, -0.2) is 62.5 Å². The summed E-state index contributed by atoms with van der Waals surface area (Å²) in [5.41, 5.74) is 5.33. The fourth-order valence-electron chi connectivity index (χ4n) is 6.21. The zero-order valence-corrected chi connectivity index (χ0v) is 23.8. The number of nitrogens with zero attached hydrogens (tertiary/aromatic N) is 4. The van der Waals surface area contributed by atoms with Gasteiger partial charge in [-0.2, -0.15) is 5.10 Å². The molecule has 2 aliphatic rings. The Labute approximate surface area is 239 Å². The van der Waals surface area contributed by atoms with Crippen molar-refractivity contribution in [2.45, 2.75) is 52.6 Å². The van der Waals surface area contributed by atoms with Crippen molar-refractivity contribution in [2.75, 3.05) is 25.0 Å². The molecule has 4 heterocycles. The second-order valence-electron chi connectivity index (χ2n) is 11.3. The second kappa shape index (κ2) is 11.0. The lowest BCUT2D eigenvalue weighted by Gasteiger charge is -2.18. The summed E-state index contributed by atoms with van der Waals surface area (Å²) in [5.74, 6) is 0.478. The van der Waals surface area contributed by atoms with Gasteiger partial charge >= 0.3 is 0 Å². The number of hydrogen-bond acceptors (Lipinski definition) is 5. The molecule has 2 fully saturated rings. The number of anilines is 1. The van der Waals surface area contributed by atoms with Gasteiger partial charge < -0.3 is 20.1 Å². The van der Waals surface area contributed by atoms with Gasteiger partial charge in [-0.3, -0.25) is 14.4 Å². The summed E-state index contributed by atoms with van der Waals surface area (Å²) in [4.78, 5) is 41.0. The normalized spacial score (nSPS) is 18.2. The van der Waals surface area contributed by atoms with Gasteiger partial charge in [0, 0.05) is 48.3 Å². The first-order valence-corrected chi connectivity index (χ1v) is 14.4. The quantitative estimate of drug-likeness (QED) is 0.314. The lowest BCUT2D eigenvalue weighted by atomic mass is 10.1. The van der Waals surface area contributed by atoms with E-state index in [0.29, 0.717) is 35.2 Å². The van der Waals surface area contributed by atoms with Gasteiger partial charge in [-0.25, -0.2) is 4.68 Å². The van der Waals surface area contributed by atoms with Crippen LogP contribution >= 0.6 is 0 Å². The summed E-state index contributed by atoms with van der Waals surface area (Å²) in [5, 5.41) is 11.7. The lowest BCUT2D eigenvalue weighted by molar-refractivity contribution is -0.130. The first-order chi connectivity index (χ1) is 19.8. The molecule has 9 heteroatoms. The monoisotopic (exact) mass is 552 g/mol. The smallest absolute Gasteiger partial charge is 0.257 e. The van der Waals surface area contributed by atoms with Crippen molar-refractivity contribution in [3.8, 4) is 5.69 Å². The number of likely N-dealkylation sites (tertiary alicyclic amines) is 1. The lowest BCUT2D eigenvalue weighted by Crippen LogP contribution is -2.35. The van der Waals surface area contributed by atoms with Gasteiger partial charge in [0.25, 0.3) is 5.91 Å². The van der Waals surface area contributed by atoms with Gasteiger partial charge in [0.15, 0.2) is 5.78 Å². The molecule has 0 aliphatic carbocycles. The highest BCUT2D eigenvalue weighted by molar-refractivity contribution is 6.13. The minimum absolute atomic E-state index is 0.0784. The Bertz CT molecular complexity index is 1620. The fraction of sp³-hybridized carbons (Fsp3) is 0.375. The highest BCUT2D eigenvalue weighted by Gasteiger charge is 2.38. The number of nitrogens with one attached hydrogen (secondary N) is 2. The van der Waals surface area contributed by atoms with E-state index in [1.807, 2.05) is 72.7 Å². The highest BCUT2D eigenvalue weighted by Crippen LogP contribution is 2.27. The molecule has 0 saturated carbocycles. The van der Waals surface area contributed by atoms with Crippen molar-refractivity contribution in [1.82, 2.24) is 24.6 Å². The van der Waals surface area contributed by atoms with E-state index in [9.17, 15) is 14.4 Å². The molecular formula is C32H36N6O3. The van der Waals surface area contributed by atoms with Crippen LogP contribution in [-0.2, 0) is 11.3 Å². The molecule has 2 aromatic carbocycles. The number of fused-ring (bicyclic) bond motifs is 2. The number of rotatable bonds is 8. The molecule has 2 N–H and O–H groups in total. The first kappa shape index (κ1) is 27.0. The van der Waals surface area contributed by atoms with Crippen LogP contribution in [0, 0.1) is 19.8 Å². The van der Waals surface area contributed by atoms with Crippen molar-refractivity contribution in [1.29, 1.82) is 0 Å². The molecule has 2 aromatic heterocycles. The third kappa shape index (κ3) is 5.17. The Morgan fingerprint density at radius 1 is 1.05 bits per heavy atom.